The lowest BCUT2D eigenvalue weighted by Crippen LogP contribution is -2.78. The summed E-state index contributed by atoms with van der Waals surface area (Å²) >= 11 is 0. The number of carbonyl (C=O) groups is 1. The highest BCUT2D eigenvalue weighted by Crippen LogP contribution is 2.41. The van der Waals surface area contributed by atoms with Crippen LogP contribution in [0.4, 0.5) is 11.6 Å². The Morgan fingerprint density at radius 3 is 2.48 bits per heavy atom. The highest BCUT2D eigenvalue weighted by molar-refractivity contribution is 5.87. The van der Waals surface area contributed by atoms with Gasteiger partial charge in [-0.15, -0.1) is 0 Å². The predicted octanol–water partition coefficient (Wildman–Crippen LogP) is -3.47. The van der Waals surface area contributed by atoms with Crippen molar-refractivity contribution >= 4 is 17.5 Å². The summed E-state index contributed by atoms with van der Waals surface area (Å²) in [5, 5.41) is 73.0. The first-order chi connectivity index (χ1) is 14.2. The van der Waals surface area contributed by atoms with Gasteiger partial charge in [-0.1, -0.05) is 13.8 Å². The number of rotatable bonds is 5. The second-order valence-electron chi connectivity index (χ2n) is 7.45. The number of nitriles is 1. The lowest BCUT2D eigenvalue weighted by Gasteiger charge is -2.55. The number of anilines is 2. The Kier molecular flexibility index (Phi) is 6.34. The number of hydrogen-bond donors (Lipinski definition) is 8. The van der Waals surface area contributed by atoms with E-state index in [1.807, 2.05) is 0 Å². The number of nitrogens with zero attached hydrogens (tertiary/aromatic N) is 4. The molecule has 31 heavy (non-hydrogen) atoms. The van der Waals surface area contributed by atoms with Gasteiger partial charge in [0.2, 0.25) is 0 Å². The van der Waals surface area contributed by atoms with E-state index in [0.717, 1.165) is 11.0 Å². The summed E-state index contributed by atoms with van der Waals surface area (Å²) in [4.78, 5) is 31.6. The van der Waals surface area contributed by atoms with Gasteiger partial charge in [0.15, 0.2) is 0 Å². The molecule has 0 radical (unpaired) electrons. The zero-order valence-corrected chi connectivity index (χ0v) is 17.4. The Morgan fingerprint density at radius 2 is 2.00 bits per heavy atom. The number of aliphatic hydroxyl groups is 6. The van der Waals surface area contributed by atoms with Crippen LogP contribution >= 0.6 is 0 Å². The van der Waals surface area contributed by atoms with Crippen LogP contribution in [0.1, 0.15) is 25.8 Å². The van der Waals surface area contributed by atoms with Crippen molar-refractivity contribution in [3.63, 3.8) is 0 Å². The van der Waals surface area contributed by atoms with Crippen LogP contribution in [-0.4, -0.2) is 89.2 Å². The number of likely N-dealkylation sites (N-methyl/N-ethyl adjacent to an activating group) is 1. The zero-order chi connectivity index (χ0) is 23.9. The molecule has 1 aromatic heterocycles. The molecule has 14 heteroatoms. The molecular formula is C17H26N6O8. The minimum absolute atomic E-state index is 0.00949. The predicted molar refractivity (Wildman–Crippen MR) is 104 cm³/mol. The van der Waals surface area contributed by atoms with E-state index in [9.17, 15) is 40.2 Å². The summed E-state index contributed by atoms with van der Waals surface area (Å²) in [6, 6.07) is -0.702. The first-order valence-corrected chi connectivity index (χ1v) is 9.29. The third-order valence-corrected chi connectivity index (χ3v) is 5.24. The first-order valence-electron chi connectivity index (χ1n) is 9.29. The summed E-state index contributed by atoms with van der Waals surface area (Å²) in [7, 11) is 2.89. The van der Waals surface area contributed by atoms with E-state index in [0.29, 0.717) is 17.8 Å². The van der Waals surface area contributed by atoms with Gasteiger partial charge in [0.05, 0.1) is 0 Å². The normalized spacial score (nSPS) is 22.5. The summed E-state index contributed by atoms with van der Waals surface area (Å²) in [5.74, 6) is -13.1. The Balaban J connectivity index is 2.67. The van der Waals surface area contributed by atoms with Crippen molar-refractivity contribution in [3.05, 3.63) is 16.0 Å². The first kappa shape index (κ1) is 24.5. The number of carbonyl (C=O) groups excluding carboxylic acids is 1. The quantitative estimate of drug-likeness (QED) is 0.164. The molecule has 14 nitrogen and oxygen atoms in total. The molecule has 8 N–H and O–H groups in total. The minimum Gasteiger partial charge on any atom is -0.374 e. The second-order valence-corrected chi connectivity index (χ2v) is 7.45. The van der Waals surface area contributed by atoms with E-state index >= 15 is 0 Å². The van der Waals surface area contributed by atoms with Gasteiger partial charge in [-0.05, 0) is 12.3 Å². The number of amides is 1. The van der Waals surface area contributed by atoms with Crippen molar-refractivity contribution < 1.29 is 35.4 Å². The number of aromatic amines is 1. The maximum atomic E-state index is 12.4. The molecule has 0 saturated carbocycles. The summed E-state index contributed by atoms with van der Waals surface area (Å²) in [6.07, 6.45) is -0.316. The fourth-order valence-corrected chi connectivity index (χ4v) is 4.03. The standard InChI is InChI=1S/C17H26N6O8/c1-5-9-11(19-3)20-14(25)21-12(9)22(4)10-8(2)6-16(28,29)23(17(10,30)31)13(24)15(26,27)7-18/h8,10,26-31H,5-6H2,1-4H3,(H2,19,20,21,25). The van der Waals surface area contributed by atoms with Crippen LogP contribution in [0.3, 0.4) is 0 Å². The summed E-state index contributed by atoms with van der Waals surface area (Å²) in [6.45, 7) is 3.17. The number of hydrogen-bond acceptors (Lipinski definition) is 12. The topological polar surface area (TPSA) is 226 Å². The molecule has 1 fully saturated rings. The van der Waals surface area contributed by atoms with Gasteiger partial charge in [0, 0.05) is 26.1 Å². The van der Waals surface area contributed by atoms with Crippen molar-refractivity contribution in [2.45, 2.75) is 50.3 Å². The van der Waals surface area contributed by atoms with Gasteiger partial charge in [0.25, 0.3) is 11.8 Å². The Bertz CT molecular complexity index is 953. The molecule has 1 aliphatic heterocycles. The van der Waals surface area contributed by atoms with E-state index in [1.54, 1.807) is 14.0 Å². The molecule has 2 atom stereocenters. The van der Waals surface area contributed by atoms with Crippen molar-refractivity contribution in [2.24, 2.45) is 5.92 Å². The smallest absolute Gasteiger partial charge is 0.348 e. The average Bonchev–Trinajstić information content (AvgIpc) is 2.64. The fourth-order valence-electron chi connectivity index (χ4n) is 4.03. The van der Waals surface area contributed by atoms with Gasteiger partial charge in [-0.2, -0.15) is 10.2 Å². The lowest BCUT2D eigenvalue weighted by atomic mass is 9.85. The highest BCUT2D eigenvalue weighted by atomic mass is 16.6. The van der Waals surface area contributed by atoms with Crippen molar-refractivity contribution in [1.29, 1.82) is 5.26 Å². The number of likely N-dealkylation sites (tertiary alicyclic amines) is 1. The molecule has 0 spiro atoms. The highest BCUT2D eigenvalue weighted by Gasteiger charge is 2.64. The monoisotopic (exact) mass is 442 g/mol. The van der Waals surface area contributed by atoms with E-state index in [1.165, 1.54) is 14.0 Å². The SMILES string of the molecule is CCc1c(N(C)C2C(C)CC(O)(O)N(C(=O)C(O)(O)C#N)C2(O)O)nc(=O)[nH]c1NC. The lowest BCUT2D eigenvalue weighted by molar-refractivity contribution is -0.406. The average molecular weight is 442 g/mol. The molecule has 0 aromatic carbocycles. The van der Waals surface area contributed by atoms with Crippen LogP contribution in [0.25, 0.3) is 0 Å². The Labute approximate surface area is 176 Å². The fraction of sp³-hybridized carbons (Fsp3) is 0.647. The van der Waals surface area contributed by atoms with Crippen LogP contribution in [0.5, 0.6) is 0 Å². The molecule has 0 bridgehead atoms. The molecule has 1 saturated heterocycles. The molecule has 2 heterocycles. The van der Waals surface area contributed by atoms with Gasteiger partial charge in [-0.3, -0.25) is 9.78 Å². The molecule has 2 rings (SSSR count). The van der Waals surface area contributed by atoms with Crippen molar-refractivity contribution in [3.8, 4) is 6.07 Å². The van der Waals surface area contributed by atoms with Crippen molar-refractivity contribution in [2.75, 3.05) is 24.3 Å². The number of nitrogens with one attached hydrogen (secondary N) is 2. The molecular weight excluding hydrogens is 416 g/mol. The zero-order valence-electron chi connectivity index (χ0n) is 17.4. The van der Waals surface area contributed by atoms with Gasteiger partial charge in [-0.25, -0.2) is 9.69 Å². The maximum absolute atomic E-state index is 12.4. The number of piperidine rings is 1. The third kappa shape index (κ3) is 4.06. The minimum atomic E-state index is -3.77. The molecule has 1 aliphatic rings. The molecule has 0 aliphatic carbocycles. The maximum Gasteiger partial charge on any atom is 0.348 e. The van der Waals surface area contributed by atoms with E-state index in [4.69, 9.17) is 5.26 Å². The largest absolute Gasteiger partial charge is 0.374 e. The van der Waals surface area contributed by atoms with Crippen LogP contribution < -0.4 is 15.9 Å². The molecule has 172 valence electrons. The third-order valence-electron chi connectivity index (χ3n) is 5.24. The van der Waals surface area contributed by atoms with Gasteiger partial charge in [0.1, 0.15) is 23.7 Å². The van der Waals surface area contributed by atoms with E-state index in [-0.39, 0.29) is 10.7 Å². The summed E-state index contributed by atoms with van der Waals surface area (Å²) in [5.41, 5.74) is -0.278. The number of H-pyrrole nitrogens is 1. The van der Waals surface area contributed by atoms with E-state index in [2.05, 4.69) is 15.3 Å². The Hall–Kier alpha value is -2.80. The van der Waals surface area contributed by atoms with Crippen LogP contribution in [0.15, 0.2) is 4.79 Å². The van der Waals surface area contributed by atoms with Crippen LogP contribution in [-0.2, 0) is 11.2 Å². The van der Waals surface area contributed by atoms with Crippen LogP contribution in [0, 0.1) is 17.2 Å². The molecule has 2 unspecified atom stereocenters. The second kappa shape index (κ2) is 8.04. The van der Waals surface area contributed by atoms with Crippen LogP contribution in [0.2, 0.25) is 0 Å². The van der Waals surface area contributed by atoms with E-state index < -0.39 is 47.6 Å². The van der Waals surface area contributed by atoms with Gasteiger partial charge < -0.3 is 40.9 Å². The van der Waals surface area contributed by atoms with Crippen molar-refractivity contribution in [1.82, 2.24) is 14.9 Å². The summed E-state index contributed by atoms with van der Waals surface area (Å²) < 4.78 is 0. The molecule has 1 amide bonds. The van der Waals surface area contributed by atoms with Gasteiger partial charge >= 0.3 is 17.4 Å². The Morgan fingerprint density at radius 1 is 1.42 bits per heavy atom. The number of aromatic nitrogens is 2. The molecule has 1 aromatic rings.